The second-order valence-corrected chi connectivity index (χ2v) is 5.23. The number of halogens is 3. The lowest BCUT2D eigenvalue weighted by Crippen LogP contribution is -2.40. The summed E-state index contributed by atoms with van der Waals surface area (Å²) in [5.74, 6) is 0. The maximum Gasteiger partial charge on any atom is 0.416 e. The van der Waals surface area contributed by atoms with Crippen molar-refractivity contribution in [2.75, 3.05) is 24.5 Å². The Morgan fingerprint density at radius 2 is 2.00 bits per heavy atom. The zero-order valence-electron chi connectivity index (χ0n) is 12.5. The highest BCUT2D eigenvalue weighted by Crippen LogP contribution is 2.41. The number of carbonyl (C=O) groups is 1. The van der Waals surface area contributed by atoms with Crippen LogP contribution in [0.3, 0.4) is 0 Å². The van der Waals surface area contributed by atoms with E-state index in [-0.39, 0.29) is 12.6 Å². The number of alkyl halides is 3. The molecule has 0 radical (unpaired) electrons. The zero-order valence-corrected chi connectivity index (χ0v) is 12.5. The number of amides is 1. The molecule has 1 aliphatic heterocycles. The lowest BCUT2D eigenvalue weighted by molar-refractivity contribution is -0.137. The van der Waals surface area contributed by atoms with E-state index in [0.29, 0.717) is 30.8 Å². The first-order chi connectivity index (χ1) is 10.3. The minimum atomic E-state index is -4.44. The molecule has 1 aliphatic rings. The molecular weight excluding hydrogens is 297 g/mol. The Bertz CT molecular complexity index is 556. The second-order valence-electron chi connectivity index (χ2n) is 5.23. The van der Waals surface area contributed by atoms with E-state index in [1.807, 2.05) is 13.8 Å². The number of nitrogens with zero attached hydrogens (tertiary/aromatic N) is 2. The highest BCUT2D eigenvalue weighted by Gasteiger charge is 2.36. The Kier molecular flexibility index (Phi) is 4.65. The van der Waals surface area contributed by atoms with Crippen LogP contribution in [0.25, 0.3) is 0 Å². The summed E-state index contributed by atoms with van der Waals surface area (Å²) in [5, 5.41) is 9.24. The van der Waals surface area contributed by atoms with E-state index in [1.54, 1.807) is 0 Å². The molecule has 0 saturated carbocycles. The molecule has 0 fully saturated rings. The quantitative estimate of drug-likeness (QED) is 0.917. The molecule has 0 aromatic heterocycles. The van der Waals surface area contributed by atoms with Gasteiger partial charge in [-0.25, -0.2) is 4.79 Å². The van der Waals surface area contributed by atoms with Gasteiger partial charge in [0.15, 0.2) is 0 Å². The van der Waals surface area contributed by atoms with Crippen molar-refractivity contribution in [3.05, 3.63) is 29.3 Å². The summed E-state index contributed by atoms with van der Waals surface area (Å²) in [4.78, 5) is 14.5. The molecule has 22 heavy (non-hydrogen) atoms. The molecular formula is C15H19F3N2O2. The Hall–Kier alpha value is -1.76. The molecule has 1 amide bonds. The van der Waals surface area contributed by atoms with Gasteiger partial charge in [0.25, 0.3) is 0 Å². The third-order valence-corrected chi connectivity index (χ3v) is 4.11. The number of rotatable bonds is 3. The normalized spacial score (nSPS) is 18.5. The van der Waals surface area contributed by atoms with Crippen LogP contribution in [0.5, 0.6) is 0 Å². The van der Waals surface area contributed by atoms with Crippen LogP contribution in [-0.4, -0.2) is 35.7 Å². The predicted octanol–water partition coefficient (Wildman–Crippen LogP) is 3.98. The van der Waals surface area contributed by atoms with Gasteiger partial charge in [-0.15, -0.1) is 0 Å². The average Bonchev–Trinajstić information content (AvgIpc) is 2.46. The molecule has 7 heteroatoms. The van der Waals surface area contributed by atoms with Crippen LogP contribution in [0.1, 0.15) is 37.4 Å². The van der Waals surface area contributed by atoms with E-state index in [4.69, 9.17) is 0 Å². The van der Waals surface area contributed by atoms with Gasteiger partial charge < -0.3 is 5.11 Å². The highest BCUT2D eigenvalue weighted by atomic mass is 19.4. The average molecular weight is 316 g/mol. The molecule has 1 atom stereocenters. The van der Waals surface area contributed by atoms with Crippen molar-refractivity contribution in [1.29, 1.82) is 0 Å². The van der Waals surface area contributed by atoms with Crippen LogP contribution in [0, 0.1) is 0 Å². The minimum Gasteiger partial charge on any atom is -0.465 e. The molecule has 0 aliphatic carbocycles. The second kappa shape index (κ2) is 6.16. The highest BCUT2D eigenvalue weighted by molar-refractivity contribution is 5.88. The third-order valence-electron chi connectivity index (χ3n) is 4.11. The summed E-state index contributed by atoms with van der Waals surface area (Å²) in [7, 11) is 0. The molecule has 4 nitrogen and oxygen atoms in total. The molecule has 0 spiro atoms. The van der Waals surface area contributed by atoms with Gasteiger partial charge in [0.1, 0.15) is 0 Å². The number of fused-ring (bicyclic) bond motifs is 1. The molecule has 0 bridgehead atoms. The number of carboxylic acid groups (broad SMARTS) is 1. The van der Waals surface area contributed by atoms with Crippen molar-refractivity contribution in [3.8, 4) is 0 Å². The van der Waals surface area contributed by atoms with E-state index in [9.17, 15) is 23.1 Å². The largest absolute Gasteiger partial charge is 0.465 e. The number of hydrogen-bond donors (Lipinski definition) is 1. The van der Waals surface area contributed by atoms with Gasteiger partial charge in [-0.3, -0.25) is 9.80 Å². The maximum atomic E-state index is 13.0. The fourth-order valence-corrected chi connectivity index (χ4v) is 3.01. The van der Waals surface area contributed by atoms with Crippen LogP contribution in [0.4, 0.5) is 23.7 Å². The van der Waals surface area contributed by atoms with Crippen LogP contribution < -0.4 is 4.90 Å². The maximum absolute atomic E-state index is 13.0. The summed E-state index contributed by atoms with van der Waals surface area (Å²) in [6, 6.07) is 3.11. The van der Waals surface area contributed by atoms with Crippen LogP contribution in [-0.2, 0) is 6.18 Å². The molecule has 1 N–H and O–H groups in total. The molecule has 1 unspecified atom stereocenters. The van der Waals surface area contributed by atoms with Crippen molar-refractivity contribution in [1.82, 2.24) is 4.90 Å². The van der Waals surface area contributed by atoms with Crippen molar-refractivity contribution >= 4 is 11.8 Å². The van der Waals surface area contributed by atoms with Gasteiger partial charge in [-0.2, -0.15) is 13.2 Å². The van der Waals surface area contributed by atoms with Crippen molar-refractivity contribution in [3.63, 3.8) is 0 Å². The first kappa shape index (κ1) is 16.6. The fourth-order valence-electron chi connectivity index (χ4n) is 3.01. The standard InChI is InChI=1S/C15H19F3N2O2/c1-3-19(4-2)12-7-8-20(14(21)22)13-6-5-10(9-11(12)13)15(16,17)18/h5-6,9,12H,3-4,7-8H2,1-2H3,(H,21,22). The van der Waals surface area contributed by atoms with Gasteiger partial charge in [0.05, 0.1) is 11.3 Å². The van der Waals surface area contributed by atoms with Crippen LogP contribution >= 0.6 is 0 Å². The summed E-state index contributed by atoms with van der Waals surface area (Å²) < 4.78 is 38.9. The van der Waals surface area contributed by atoms with E-state index in [2.05, 4.69) is 4.90 Å². The molecule has 122 valence electrons. The number of anilines is 1. The monoisotopic (exact) mass is 316 g/mol. The fraction of sp³-hybridized carbons (Fsp3) is 0.533. The van der Waals surface area contributed by atoms with E-state index < -0.39 is 17.8 Å². The van der Waals surface area contributed by atoms with Crippen LogP contribution in [0.2, 0.25) is 0 Å². The lowest BCUT2D eigenvalue weighted by Gasteiger charge is -2.38. The van der Waals surface area contributed by atoms with E-state index in [0.717, 1.165) is 17.0 Å². The smallest absolute Gasteiger partial charge is 0.416 e. The molecule has 2 rings (SSSR count). The summed E-state index contributed by atoms with van der Waals surface area (Å²) >= 11 is 0. The zero-order chi connectivity index (χ0) is 16.5. The Morgan fingerprint density at radius 1 is 1.36 bits per heavy atom. The molecule has 1 aromatic rings. The predicted molar refractivity (Wildman–Crippen MR) is 77.1 cm³/mol. The Morgan fingerprint density at radius 3 is 2.50 bits per heavy atom. The summed E-state index contributed by atoms with van der Waals surface area (Å²) in [5.41, 5.74) is 0.0477. The van der Waals surface area contributed by atoms with Crippen molar-refractivity contribution < 1.29 is 23.1 Å². The topological polar surface area (TPSA) is 43.8 Å². The van der Waals surface area contributed by atoms with Gasteiger partial charge in [0, 0.05) is 12.6 Å². The SMILES string of the molecule is CCN(CC)C1CCN(C(=O)O)c2ccc(C(F)(F)F)cc21. The lowest BCUT2D eigenvalue weighted by atomic mass is 9.93. The first-order valence-electron chi connectivity index (χ1n) is 7.25. The van der Waals surface area contributed by atoms with Gasteiger partial charge in [0.2, 0.25) is 0 Å². The van der Waals surface area contributed by atoms with Gasteiger partial charge in [-0.1, -0.05) is 13.8 Å². The molecule has 0 saturated heterocycles. The number of benzene rings is 1. The van der Waals surface area contributed by atoms with Crippen molar-refractivity contribution in [2.45, 2.75) is 32.5 Å². The Labute approximate surface area is 127 Å². The summed E-state index contributed by atoms with van der Waals surface area (Å²) in [6.07, 6.45) is -5.09. The Balaban J connectivity index is 2.54. The molecule has 1 heterocycles. The van der Waals surface area contributed by atoms with Crippen LogP contribution in [0.15, 0.2) is 18.2 Å². The van der Waals surface area contributed by atoms with Crippen molar-refractivity contribution in [2.24, 2.45) is 0 Å². The molecule has 1 aromatic carbocycles. The van der Waals surface area contributed by atoms with Gasteiger partial charge in [-0.05, 0) is 43.3 Å². The number of hydrogen-bond acceptors (Lipinski definition) is 2. The van der Waals surface area contributed by atoms with E-state index in [1.165, 1.54) is 6.07 Å². The first-order valence-corrected chi connectivity index (χ1v) is 7.25. The van der Waals surface area contributed by atoms with E-state index >= 15 is 0 Å². The summed E-state index contributed by atoms with van der Waals surface area (Å²) in [6.45, 7) is 5.57. The van der Waals surface area contributed by atoms with Gasteiger partial charge >= 0.3 is 12.3 Å². The third kappa shape index (κ3) is 3.04. The minimum absolute atomic E-state index is 0.192.